The van der Waals surface area contributed by atoms with Crippen molar-refractivity contribution in [1.82, 2.24) is 0 Å². The molecule has 0 unspecified atom stereocenters. The van der Waals surface area contributed by atoms with Crippen LogP contribution in [-0.4, -0.2) is 12.1 Å². The standard InChI is InChI=1S/C18H27ClN2/c19-18-16(20-14-8-3-1-4-9-14)12-7-13-17(18)21-15-10-5-2-6-11-15/h7,12-15,20-21H,1-6,8-11H2. The summed E-state index contributed by atoms with van der Waals surface area (Å²) in [5, 5.41) is 8.18. The Kier molecular flexibility index (Phi) is 5.29. The second-order valence-electron chi connectivity index (χ2n) is 6.63. The van der Waals surface area contributed by atoms with Crippen LogP contribution in [0.3, 0.4) is 0 Å². The van der Waals surface area contributed by atoms with E-state index in [2.05, 4.69) is 28.8 Å². The summed E-state index contributed by atoms with van der Waals surface area (Å²) in [5.41, 5.74) is 2.20. The fourth-order valence-electron chi connectivity index (χ4n) is 3.69. The van der Waals surface area contributed by atoms with Gasteiger partial charge in [-0.1, -0.05) is 56.2 Å². The summed E-state index contributed by atoms with van der Waals surface area (Å²) < 4.78 is 0. The Labute approximate surface area is 133 Å². The van der Waals surface area contributed by atoms with Gasteiger partial charge in [0.2, 0.25) is 0 Å². The lowest BCUT2D eigenvalue weighted by Crippen LogP contribution is -2.24. The topological polar surface area (TPSA) is 24.1 Å². The second kappa shape index (κ2) is 7.40. The van der Waals surface area contributed by atoms with Gasteiger partial charge in [-0.2, -0.15) is 0 Å². The van der Waals surface area contributed by atoms with E-state index in [1.54, 1.807) is 0 Å². The molecule has 116 valence electrons. The average molecular weight is 307 g/mol. The molecule has 0 bridgehead atoms. The molecule has 21 heavy (non-hydrogen) atoms. The van der Waals surface area contributed by atoms with Crippen molar-refractivity contribution in [1.29, 1.82) is 0 Å². The molecule has 0 aliphatic heterocycles. The number of rotatable bonds is 4. The van der Waals surface area contributed by atoms with E-state index >= 15 is 0 Å². The molecular formula is C18H27ClN2. The molecule has 2 aliphatic rings. The first kappa shape index (κ1) is 15.0. The average Bonchev–Trinajstić information content (AvgIpc) is 2.53. The Morgan fingerprint density at radius 2 is 1.14 bits per heavy atom. The van der Waals surface area contributed by atoms with E-state index < -0.39 is 0 Å². The molecule has 0 aromatic heterocycles. The molecule has 2 aliphatic carbocycles. The lowest BCUT2D eigenvalue weighted by molar-refractivity contribution is 0.462. The van der Waals surface area contributed by atoms with Crippen LogP contribution in [0.2, 0.25) is 5.02 Å². The van der Waals surface area contributed by atoms with Crippen molar-refractivity contribution in [2.45, 2.75) is 76.3 Å². The van der Waals surface area contributed by atoms with Crippen molar-refractivity contribution in [3.8, 4) is 0 Å². The zero-order valence-corrected chi connectivity index (χ0v) is 13.6. The van der Waals surface area contributed by atoms with Gasteiger partial charge < -0.3 is 10.6 Å². The summed E-state index contributed by atoms with van der Waals surface area (Å²) in [5.74, 6) is 0. The third-order valence-corrected chi connectivity index (χ3v) is 5.34. The lowest BCUT2D eigenvalue weighted by atomic mass is 9.95. The summed E-state index contributed by atoms with van der Waals surface area (Å²) in [4.78, 5) is 0. The monoisotopic (exact) mass is 306 g/mol. The molecule has 2 nitrogen and oxygen atoms in total. The van der Waals surface area contributed by atoms with Crippen molar-refractivity contribution in [3.63, 3.8) is 0 Å². The van der Waals surface area contributed by atoms with Gasteiger partial charge in [0.15, 0.2) is 0 Å². The van der Waals surface area contributed by atoms with Gasteiger partial charge in [-0.15, -0.1) is 0 Å². The number of anilines is 2. The Bertz CT molecular complexity index is 410. The Morgan fingerprint density at radius 1 is 0.714 bits per heavy atom. The smallest absolute Gasteiger partial charge is 0.0868 e. The van der Waals surface area contributed by atoms with Crippen LogP contribution in [-0.2, 0) is 0 Å². The molecule has 0 amide bonds. The summed E-state index contributed by atoms with van der Waals surface area (Å²) in [6.07, 6.45) is 13.2. The molecule has 0 heterocycles. The molecule has 0 spiro atoms. The third kappa shape index (κ3) is 4.06. The van der Waals surface area contributed by atoms with Gasteiger partial charge in [0.05, 0.1) is 16.4 Å². The SMILES string of the molecule is Clc1c(NC2CCCCC2)cccc1NC1CCCCC1. The van der Waals surface area contributed by atoms with Gasteiger partial charge in [-0.05, 0) is 37.8 Å². The second-order valence-corrected chi connectivity index (χ2v) is 7.00. The Balaban J connectivity index is 1.65. The predicted molar refractivity (Wildman–Crippen MR) is 92.4 cm³/mol. The first-order chi connectivity index (χ1) is 10.3. The van der Waals surface area contributed by atoms with Crippen LogP contribution in [0.15, 0.2) is 18.2 Å². The number of hydrogen-bond donors (Lipinski definition) is 2. The molecule has 3 rings (SSSR count). The van der Waals surface area contributed by atoms with Crippen LogP contribution >= 0.6 is 11.6 Å². The van der Waals surface area contributed by atoms with E-state index in [1.165, 1.54) is 64.2 Å². The molecule has 2 N–H and O–H groups in total. The molecule has 3 heteroatoms. The maximum Gasteiger partial charge on any atom is 0.0868 e. The highest BCUT2D eigenvalue weighted by Crippen LogP contribution is 2.34. The quantitative estimate of drug-likeness (QED) is 0.731. The van der Waals surface area contributed by atoms with Gasteiger partial charge in [-0.25, -0.2) is 0 Å². The van der Waals surface area contributed by atoms with E-state index in [9.17, 15) is 0 Å². The van der Waals surface area contributed by atoms with Crippen molar-refractivity contribution in [3.05, 3.63) is 23.2 Å². The molecular weight excluding hydrogens is 280 g/mol. The van der Waals surface area contributed by atoms with Crippen molar-refractivity contribution >= 4 is 23.0 Å². The van der Waals surface area contributed by atoms with E-state index in [0.29, 0.717) is 12.1 Å². The molecule has 2 fully saturated rings. The first-order valence-electron chi connectivity index (χ1n) is 8.64. The normalized spacial score (nSPS) is 21.2. The fourth-order valence-corrected chi connectivity index (χ4v) is 3.92. The summed E-state index contributed by atoms with van der Waals surface area (Å²) in [7, 11) is 0. The van der Waals surface area contributed by atoms with E-state index in [4.69, 9.17) is 11.6 Å². The zero-order valence-electron chi connectivity index (χ0n) is 12.8. The van der Waals surface area contributed by atoms with Crippen LogP contribution in [0, 0.1) is 0 Å². The van der Waals surface area contributed by atoms with Gasteiger partial charge >= 0.3 is 0 Å². The number of benzene rings is 1. The summed E-state index contributed by atoms with van der Waals surface area (Å²) >= 11 is 6.62. The Hall–Kier alpha value is -0.890. The van der Waals surface area contributed by atoms with E-state index in [1.807, 2.05) is 0 Å². The number of nitrogens with one attached hydrogen (secondary N) is 2. The molecule has 1 aromatic rings. The minimum Gasteiger partial charge on any atom is -0.381 e. The predicted octanol–water partition coefficient (Wildman–Crippen LogP) is 5.83. The van der Waals surface area contributed by atoms with Crippen molar-refractivity contribution in [2.24, 2.45) is 0 Å². The molecule has 0 radical (unpaired) electrons. The third-order valence-electron chi connectivity index (χ3n) is 4.93. The van der Waals surface area contributed by atoms with Gasteiger partial charge in [-0.3, -0.25) is 0 Å². The largest absolute Gasteiger partial charge is 0.381 e. The minimum absolute atomic E-state index is 0.598. The van der Waals surface area contributed by atoms with Crippen LogP contribution in [0.1, 0.15) is 64.2 Å². The lowest BCUT2D eigenvalue weighted by Gasteiger charge is -2.27. The highest BCUT2D eigenvalue weighted by atomic mass is 35.5. The molecule has 1 aromatic carbocycles. The van der Waals surface area contributed by atoms with E-state index in [0.717, 1.165) is 16.4 Å². The summed E-state index contributed by atoms with van der Waals surface area (Å²) in [6, 6.07) is 7.54. The van der Waals surface area contributed by atoms with Crippen LogP contribution in [0.4, 0.5) is 11.4 Å². The molecule has 0 atom stereocenters. The zero-order chi connectivity index (χ0) is 14.5. The van der Waals surface area contributed by atoms with E-state index in [-0.39, 0.29) is 0 Å². The maximum atomic E-state index is 6.62. The number of halogens is 1. The molecule has 0 saturated heterocycles. The maximum absolute atomic E-state index is 6.62. The highest BCUT2D eigenvalue weighted by Gasteiger charge is 2.17. The highest BCUT2D eigenvalue weighted by molar-refractivity contribution is 6.35. The molecule has 2 saturated carbocycles. The van der Waals surface area contributed by atoms with Gasteiger partial charge in [0.1, 0.15) is 0 Å². The first-order valence-corrected chi connectivity index (χ1v) is 9.02. The minimum atomic E-state index is 0.598. The van der Waals surface area contributed by atoms with Gasteiger partial charge in [0, 0.05) is 12.1 Å². The summed E-state index contributed by atoms with van der Waals surface area (Å²) in [6.45, 7) is 0. The van der Waals surface area contributed by atoms with Crippen LogP contribution in [0.5, 0.6) is 0 Å². The number of hydrogen-bond acceptors (Lipinski definition) is 2. The Morgan fingerprint density at radius 3 is 1.57 bits per heavy atom. The fraction of sp³-hybridized carbons (Fsp3) is 0.667. The van der Waals surface area contributed by atoms with Crippen LogP contribution in [0.25, 0.3) is 0 Å². The van der Waals surface area contributed by atoms with Crippen molar-refractivity contribution < 1.29 is 0 Å². The van der Waals surface area contributed by atoms with Crippen molar-refractivity contribution in [2.75, 3.05) is 10.6 Å². The van der Waals surface area contributed by atoms with Gasteiger partial charge in [0.25, 0.3) is 0 Å². The van der Waals surface area contributed by atoms with Crippen LogP contribution < -0.4 is 10.6 Å².